The molecule has 6 nitrogen and oxygen atoms in total. The van der Waals surface area contributed by atoms with Crippen LogP contribution in [-0.2, 0) is 9.59 Å². The molecule has 2 rings (SSSR count). The SMILES string of the molecule is O=C([C@H](O)[C@@H](O)C(=O)N1CCCCC1)N1CCCCC1. The summed E-state index contributed by atoms with van der Waals surface area (Å²) in [7, 11) is 0. The molecule has 0 aromatic heterocycles. The first-order chi connectivity index (χ1) is 9.61. The number of carbonyl (C=O) groups excluding carboxylic acids is 2. The van der Waals surface area contributed by atoms with E-state index in [2.05, 4.69) is 0 Å². The molecule has 0 bridgehead atoms. The number of hydrogen-bond acceptors (Lipinski definition) is 4. The Balaban J connectivity index is 1.90. The van der Waals surface area contributed by atoms with Gasteiger partial charge < -0.3 is 20.0 Å². The largest absolute Gasteiger partial charge is 0.380 e. The third kappa shape index (κ3) is 3.49. The van der Waals surface area contributed by atoms with Crippen LogP contribution in [0.5, 0.6) is 0 Å². The first-order valence-electron chi connectivity index (χ1n) is 7.55. The zero-order valence-corrected chi connectivity index (χ0v) is 11.8. The smallest absolute Gasteiger partial charge is 0.254 e. The predicted octanol–water partition coefficient (Wildman–Crippen LogP) is -0.267. The van der Waals surface area contributed by atoms with E-state index in [9.17, 15) is 19.8 Å². The van der Waals surface area contributed by atoms with E-state index in [1.54, 1.807) is 9.80 Å². The number of hydrogen-bond donors (Lipinski definition) is 2. The van der Waals surface area contributed by atoms with Crippen molar-refractivity contribution < 1.29 is 19.8 Å². The standard InChI is InChI=1S/C14H24N2O4/c17-11(13(19)15-7-3-1-4-8-15)12(18)14(20)16-9-5-2-6-10-16/h11-12,17-18H,1-10H2/t11-,12-/m1/s1. The third-order valence-corrected chi connectivity index (χ3v) is 4.14. The van der Waals surface area contributed by atoms with Gasteiger partial charge in [0.05, 0.1) is 0 Å². The Kier molecular flexibility index (Phi) is 5.37. The van der Waals surface area contributed by atoms with Gasteiger partial charge in [0.25, 0.3) is 11.8 Å². The summed E-state index contributed by atoms with van der Waals surface area (Å²) < 4.78 is 0. The minimum atomic E-state index is -1.64. The maximum Gasteiger partial charge on any atom is 0.254 e. The summed E-state index contributed by atoms with van der Waals surface area (Å²) >= 11 is 0. The molecule has 0 radical (unpaired) electrons. The Morgan fingerprint density at radius 3 is 1.25 bits per heavy atom. The molecule has 0 aliphatic carbocycles. The molecule has 2 fully saturated rings. The molecule has 2 aliphatic rings. The normalized spacial score (nSPS) is 23.3. The van der Waals surface area contributed by atoms with Crippen molar-refractivity contribution in [1.82, 2.24) is 9.80 Å². The van der Waals surface area contributed by atoms with Crippen molar-refractivity contribution in [3.63, 3.8) is 0 Å². The Morgan fingerprint density at radius 2 is 0.950 bits per heavy atom. The second kappa shape index (κ2) is 7.04. The number of piperidine rings is 2. The Morgan fingerprint density at radius 1 is 0.650 bits per heavy atom. The van der Waals surface area contributed by atoms with Gasteiger partial charge in [0.15, 0.2) is 12.2 Å². The van der Waals surface area contributed by atoms with Gasteiger partial charge in [0.2, 0.25) is 0 Å². The van der Waals surface area contributed by atoms with E-state index < -0.39 is 24.0 Å². The van der Waals surface area contributed by atoms with Gasteiger partial charge in [-0.2, -0.15) is 0 Å². The van der Waals surface area contributed by atoms with E-state index in [-0.39, 0.29) is 0 Å². The molecule has 0 saturated carbocycles. The number of rotatable bonds is 3. The second-order valence-corrected chi connectivity index (χ2v) is 5.66. The van der Waals surface area contributed by atoms with Crippen LogP contribution in [0.1, 0.15) is 38.5 Å². The van der Waals surface area contributed by atoms with Crippen molar-refractivity contribution in [3.05, 3.63) is 0 Å². The van der Waals surface area contributed by atoms with Gasteiger partial charge in [0.1, 0.15) is 0 Å². The highest BCUT2D eigenvalue weighted by molar-refractivity contribution is 5.90. The Labute approximate surface area is 119 Å². The highest BCUT2D eigenvalue weighted by atomic mass is 16.3. The number of amides is 2. The molecule has 2 amide bonds. The number of carbonyl (C=O) groups is 2. The van der Waals surface area contributed by atoms with Crippen LogP contribution in [0.4, 0.5) is 0 Å². The molecule has 2 aliphatic heterocycles. The zero-order chi connectivity index (χ0) is 14.5. The van der Waals surface area contributed by atoms with Crippen LogP contribution in [0.15, 0.2) is 0 Å². The van der Waals surface area contributed by atoms with Crippen LogP contribution < -0.4 is 0 Å². The molecule has 0 unspecified atom stereocenters. The molecule has 0 aromatic carbocycles. The van der Waals surface area contributed by atoms with Crippen molar-refractivity contribution in [3.8, 4) is 0 Å². The fourth-order valence-corrected chi connectivity index (χ4v) is 2.87. The first kappa shape index (κ1) is 15.3. The minimum absolute atomic E-state index is 0.525. The summed E-state index contributed by atoms with van der Waals surface area (Å²) in [5.41, 5.74) is 0. The van der Waals surface area contributed by atoms with Crippen molar-refractivity contribution in [2.45, 2.75) is 50.7 Å². The number of aliphatic hydroxyl groups excluding tert-OH is 2. The van der Waals surface area contributed by atoms with Crippen LogP contribution >= 0.6 is 0 Å². The summed E-state index contributed by atoms with van der Waals surface area (Å²) in [4.78, 5) is 27.2. The van der Waals surface area contributed by atoms with Gasteiger partial charge in [-0.25, -0.2) is 0 Å². The van der Waals surface area contributed by atoms with E-state index in [0.717, 1.165) is 38.5 Å². The summed E-state index contributed by atoms with van der Waals surface area (Å²) in [6.45, 7) is 2.39. The van der Waals surface area contributed by atoms with E-state index in [0.29, 0.717) is 26.2 Å². The monoisotopic (exact) mass is 284 g/mol. The topological polar surface area (TPSA) is 81.1 Å². The molecule has 2 saturated heterocycles. The van der Waals surface area contributed by atoms with Gasteiger partial charge in [-0.05, 0) is 38.5 Å². The van der Waals surface area contributed by atoms with E-state index in [4.69, 9.17) is 0 Å². The van der Waals surface area contributed by atoms with Crippen molar-refractivity contribution >= 4 is 11.8 Å². The third-order valence-electron chi connectivity index (χ3n) is 4.14. The van der Waals surface area contributed by atoms with Gasteiger partial charge in [-0.1, -0.05) is 0 Å². The van der Waals surface area contributed by atoms with Gasteiger partial charge >= 0.3 is 0 Å². The molecule has 2 atom stereocenters. The second-order valence-electron chi connectivity index (χ2n) is 5.66. The summed E-state index contributed by atoms with van der Waals surface area (Å²) in [5.74, 6) is -1.05. The maximum atomic E-state index is 12.1. The van der Waals surface area contributed by atoms with Crippen molar-refractivity contribution in [2.24, 2.45) is 0 Å². The average molecular weight is 284 g/mol. The Bertz CT molecular complexity index is 315. The molecule has 0 aromatic rings. The fraction of sp³-hybridized carbons (Fsp3) is 0.857. The highest BCUT2D eigenvalue weighted by Gasteiger charge is 2.36. The fourth-order valence-electron chi connectivity index (χ4n) is 2.87. The molecular weight excluding hydrogens is 260 g/mol. The van der Waals surface area contributed by atoms with E-state index >= 15 is 0 Å². The lowest BCUT2D eigenvalue weighted by Gasteiger charge is -2.32. The van der Waals surface area contributed by atoms with Gasteiger partial charge in [0, 0.05) is 26.2 Å². The van der Waals surface area contributed by atoms with Crippen LogP contribution in [0.2, 0.25) is 0 Å². The lowest BCUT2D eigenvalue weighted by molar-refractivity contribution is -0.159. The van der Waals surface area contributed by atoms with Crippen molar-refractivity contribution in [2.75, 3.05) is 26.2 Å². The van der Waals surface area contributed by atoms with Crippen LogP contribution in [0, 0.1) is 0 Å². The van der Waals surface area contributed by atoms with Crippen LogP contribution in [0.3, 0.4) is 0 Å². The van der Waals surface area contributed by atoms with Gasteiger partial charge in [-0.15, -0.1) is 0 Å². The number of nitrogens with zero attached hydrogens (tertiary/aromatic N) is 2. The molecule has 20 heavy (non-hydrogen) atoms. The molecule has 2 N–H and O–H groups in total. The molecule has 2 heterocycles. The minimum Gasteiger partial charge on any atom is -0.380 e. The number of likely N-dealkylation sites (tertiary alicyclic amines) is 2. The quantitative estimate of drug-likeness (QED) is 0.748. The average Bonchev–Trinajstić information content (AvgIpc) is 2.53. The van der Waals surface area contributed by atoms with Crippen LogP contribution in [-0.4, -0.2) is 70.2 Å². The molecule has 0 spiro atoms. The van der Waals surface area contributed by atoms with Crippen molar-refractivity contribution in [1.29, 1.82) is 0 Å². The Hall–Kier alpha value is -1.14. The highest BCUT2D eigenvalue weighted by Crippen LogP contribution is 2.14. The molecule has 6 heteroatoms. The van der Waals surface area contributed by atoms with Gasteiger partial charge in [-0.3, -0.25) is 9.59 Å². The zero-order valence-electron chi connectivity index (χ0n) is 11.8. The summed E-state index contributed by atoms with van der Waals surface area (Å²) in [5, 5.41) is 19.9. The summed E-state index contributed by atoms with van der Waals surface area (Å²) in [6, 6.07) is 0. The lowest BCUT2D eigenvalue weighted by atomic mass is 10.1. The summed E-state index contributed by atoms with van der Waals surface area (Å²) in [6.07, 6.45) is 2.53. The number of aliphatic hydroxyl groups is 2. The first-order valence-corrected chi connectivity index (χ1v) is 7.55. The van der Waals surface area contributed by atoms with E-state index in [1.807, 2.05) is 0 Å². The molecular formula is C14H24N2O4. The molecule has 114 valence electrons. The predicted molar refractivity (Wildman–Crippen MR) is 72.9 cm³/mol. The maximum absolute atomic E-state index is 12.1. The lowest BCUT2D eigenvalue weighted by Crippen LogP contribution is -2.53. The van der Waals surface area contributed by atoms with E-state index in [1.165, 1.54) is 0 Å². The van der Waals surface area contributed by atoms with Crippen LogP contribution in [0.25, 0.3) is 0 Å².